The van der Waals surface area contributed by atoms with Gasteiger partial charge in [-0.05, 0) is 43.4 Å². The Bertz CT molecular complexity index is 431. The van der Waals surface area contributed by atoms with E-state index >= 15 is 0 Å². The molecule has 1 N–H and O–H groups in total. The van der Waals surface area contributed by atoms with E-state index in [0.717, 1.165) is 17.7 Å². The third kappa shape index (κ3) is 4.27. The number of ether oxygens (including phenoxy) is 1. The molecule has 1 saturated carbocycles. The van der Waals surface area contributed by atoms with Gasteiger partial charge in [0, 0.05) is 6.04 Å². The molecule has 0 heterocycles. The maximum atomic E-state index is 11.9. The van der Waals surface area contributed by atoms with Crippen LogP contribution in [-0.4, -0.2) is 18.6 Å². The van der Waals surface area contributed by atoms with Crippen molar-refractivity contribution >= 4 is 5.91 Å². The van der Waals surface area contributed by atoms with Crippen LogP contribution in [0.2, 0.25) is 0 Å². The lowest BCUT2D eigenvalue weighted by Gasteiger charge is -2.29. The van der Waals surface area contributed by atoms with E-state index in [4.69, 9.17) is 4.74 Å². The molecule has 1 aliphatic rings. The third-order valence-corrected chi connectivity index (χ3v) is 3.82. The first-order valence-corrected chi connectivity index (χ1v) is 7.14. The number of aryl methyl sites for hydroxylation is 1. The van der Waals surface area contributed by atoms with Crippen LogP contribution >= 0.6 is 0 Å². The first kappa shape index (κ1) is 13.9. The van der Waals surface area contributed by atoms with Crippen LogP contribution in [0.15, 0.2) is 24.3 Å². The van der Waals surface area contributed by atoms with Crippen molar-refractivity contribution in [1.29, 1.82) is 0 Å². The molecular weight excluding hydrogens is 238 g/mol. The Kier molecular flexibility index (Phi) is 4.83. The fourth-order valence-electron chi connectivity index (χ4n) is 2.63. The highest BCUT2D eigenvalue weighted by molar-refractivity contribution is 5.77. The summed E-state index contributed by atoms with van der Waals surface area (Å²) in [4.78, 5) is 11.9. The van der Waals surface area contributed by atoms with E-state index in [2.05, 4.69) is 12.2 Å². The topological polar surface area (TPSA) is 38.3 Å². The number of hydrogen-bond acceptors (Lipinski definition) is 2. The molecule has 0 spiro atoms. The number of carbonyl (C=O) groups is 1. The van der Waals surface area contributed by atoms with Crippen LogP contribution in [0, 0.1) is 12.8 Å². The van der Waals surface area contributed by atoms with Gasteiger partial charge in [0.1, 0.15) is 5.75 Å². The highest BCUT2D eigenvalue weighted by Crippen LogP contribution is 2.23. The molecule has 2 atom stereocenters. The molecule has 0 radical (unpaired) electrons. The van der Waals surface area contributed by atoms with Crippen molar-refractivity contribution in [3.05, 3.63) is 29.8 Å². The average molecular weight is 261 g/mol. The standard InChI is InChI=1S/C16H23NO2/c1-12-6-5-8-14(10-12)19-11-16(18)17-15-9-4-3-7-13(15)2/h5-6,8,10,13,15H,3-4,7,9,11H2,1-2H3,(H,17,18). The monoisotopic (exact) mass is 261 g/mol. The van der Waals surface area contributed by atoms with E-state index in [1.807, 2.05) is 31.2 Å². The summed E-state index contributed by atoms with van der Waals surface area (Å²) >= 11 is 0. The molecule has 104 valence electrons. The molecular formula is C16H23NO2. The van der Waals surface area contributed by atoms with Gasteiger partial charge in [-0.15, -0.1) is 0 Å². The first-order chi connectivity index (χ1) is 9.15. The van der Waals surface area contributed by atoms with Crippen LogP contribution in [0.4, 0.5) is 0 Å². The van der Waals surface area contributed by atoms with Gasteiger partial charge in [-0.2, -0.15) is 0 Å². The quantitative estimate of drug-likeness (QED) is 0.904. The van der Waals surface area contributed by atoms with E-state index in [-0.39, 0.29) is 12.5 Å². The Morgan fingerprint density at radius 3 is 2.89 bits per heavy atom. The van der Waals surface area contributed by atoms with Gasteiger partial charge < -0.3 is 10.1 Å². The first-order valence-electron chi connectivity index (χ1n) is 7.14. The highest BCUT2D eigenvalue weighted by Gasteiger charge is 2.22. The van der Waals surface area contributed by atoms with Crippen molar-refractivity contribution in [3.8, 4) is 5.75 Å². The van der Waals surface area contributed by atoms with Gasteiger partial charge in [0.05, 0.1) is 0 Å². The minimum Gasteiger partial charge on any atom is -0.484 e. The zero-order valence-corrected chi connectivity index (χ0v) is 11.8. The molecule has 2 unspecified atom stereocenters. The summed E-state index contributed by atoms with van der Waals surface area (Å²) < 4.78 is 5.51. The van der Waals surface area contributed by atoms with Gasteiger partial charge in [-0.3, -0.25) is 4.79 Å². The summed E-state index contributed by atoms with van der Waals surface area (Å²) in [7, 11) is 0. The predicted molar refractivity (Wildman–Crippen MR) is 76.2 cm³/mol. The number of carbonyl (C=O) groups excluding carboxylic acids is 1. The molecule has 2 rings (SSSR count). The van der Waals surface area contributed by atoms with Gasteiger partial charge in [0.2, 0.25) is 0 Å². The van der Waals surface area contributed by atoms with Crippen molar-refractivity contribution in [3.63, 3.8) is 0 Å². The lowest BCUT2D eigenvalue weighted by Crippen LogP contribution is -2.43. The van der Waals surface area contributed by atoms with Crippen molar-refractivity contribution in [2.45, 2.75) is 45.6 Å². The maximum Gasteiger partial charge on any atom is 0.258 e. The maximum absolute atomic E-state index is 11.9. The molecule has 0 aromatic heterocycles. The van der Waals surface area contributed by atoms with E-state index in [0.29, 0.717) is 12.0 Å². The molecule has 0 saturated heterocycles. The SMILES string of the molecule is Cc1cccc(OCC(=O)NC2CCCCC2C)c1. The lowest BCUT2D eigenvalue weighted by molar-refractivity contribution is -0.124. The second-order valence-corrected chi connectivity index (χ2v) is 5.54. The van der Waals surface area contributed by atoms with Gasteiger partial charge in [-0.1, -0.05) is 31.9 Å². The molecule has 19 heavy (non-hydrogen) atoms. The van der Waals surface area contributed by atoms with Gasteiger partial charge in [0.15, 0.2) is 6.61 Å². The minimum atomic E-state index is -0.0137. The highest BCUT2D eigenvalue weighted by atomic mass is 16.5. The van der Waals surface area contributed by atoms with Crippen LogP contribution in [-0.2, 0) is 4.79 Å². The second-order valence-electron chi connectivity index (χ2n) is 5.54. The molecule has 0 bridgehead atoms. The minimum absolute atomic E-state index is 0.0137. The fraction of sp³-hybridized carbons (Fsp3) is 0.562. The summed E-state index contributed by atoms with van der Waals surface area (Å²) in [6.45, 7) is 4.33. The van der Waals surface area contributed by atoms with E-state index < -0.39 is 0 Å². The smallest absolute Gasteiger partial charge is 0.258 e. The zero-order chi connectivity index (χ0) is 13.7. The van der Waals surface area contributed by atoms with Crippen LogP contribution < -0.4 is 10.1 Å². The van der Waals surface area contributed by atoms with E-state index in [1.54, 1.807) is 0 Å². The van der Waals surface area contributed by atoms with Crippen molar-refractivity contribution in [2.24, 2.45) is 5.92 Å². The Labute approximate surface area is 115 Å². The largest absolute Gasteiger partial charge is 0.484 e. The van der Waals surface area contributed by atoms with Crippen molar-refractivity contribution in [2.75, 3.05) is 6.61 Å². The van der Waals surface area contributed by atoms with E-state index in [1.165, 1.54) is 19.3 Å². The fourth-order valence-corrected chi connectivity index (χ4v) is 2.63. The van der Waals surface area contributed by atoms with Gasteiger partial charge in [-0.25, -0.2) is 0 Å². The average Bonchev–Trinajstić information content (AvgIpc) is 2.39. The molecule has 1 aromatic rings. The Morgan fingerprint density at radius 2 is 2.16 bits per heavy atom. The van der Waals surface area contributed by atoms with Crippen LogP contribution in [0.3, 0.4) is 0 Å². The van der Waals surface area contributed by atoms with Crippen LogP contribution in [0.1, 0.15) is 38.2 Å². The Balaban J connectivity index is 1.78. The summed E-state index contributed by atoms with van der Waals surface area (Å²) in [5.41, 5.74) is 1.14. The van der Waals surface area contributed by atoms with Gasteiger partial charge >= 0.3 is 0 Å². The Morgan fingerprint density at radius 1 is 1.37 bits per heavy atom. The summed E-state index contributed by atoms with van der Waals surface area (Å²) in [6, 6.07) is 8.09. The lowest BCUT2D eigenvalue weighted by atomic mass is 9.86. The summed E-state index contributed by atoms with van der Waals surface area (Å²) in [5, 5.41) is 3.09. The normalized spacial score (nSPS) is 22.8. The molecule has 1 aliphatic carbocycles. The summed E-state index contributed by atoms with van der Waals surface area (Å²) in [5.74, 6) is 1.32. The number of hydrogen-bond donors (Lipinski definition) is 1. The number of rotatable bonds is 4. The molecule has 1 aromatic carbocycles. The molecule has 3 heteroatoms. The zero-order valence-electron chi connectivity index (χ0n) is 11.8. The number of benzene rings is 1. The van der Waals surface area contributed by atoms with Gasteiger partial charge in [0.25, 0.3) is 5.91 Å². The van der Waals surface area contributed by atoms with Crippen molar-refractivity contribution < 1.29 is 9.53 Å². The van der Waals surface area contributed by atoms with Crippen LogP contribution in [0.5, 0.6) is 5.75 Å². The third-order valence-electron chi connectivity index (χ3n) is 3.82. The Hall–Kier alpha value is -1.51. The molecule has 1 amide bonds. The van der Waals surface area contributed by atoms with Crippen molar-refractivity contribution in [1.82, 2.24) is 5.32 Å². The molecule has 1 fully saturated rings. The molecule has 0 aliphatic heterocycles. The predicted octanol–water partition coefficient (Wildman–Crippen LogP) is 3.07. The van der Waals surface area contributed by atoms with E-state index in [9.17, 15) is 4.79 Å². The van der Waals surface area contributed by atoms with Crippen LogP contribution in [0.25, 0.3) is 0 Å². The number of amides is 1. The second kappa shape index (κ2) is 6.60. The summed E-state index contributed by atoms with van der Waals surface area (Å²) in [6.07, 6.45) is 4.81. The number of nitrogens with one attached hydrogen (secondary N) is 1. The molecule has 3 nitrogen and oxygen atoms in total.